The minimum absolute atomic E-state index is 0. The molecule has 1 heteroatoms. The van der Waals surface area contributed by atoms with Gasteiger partial charge >= 0.3 is 0 Å². The molecule has 3 aromatic rings. The lowest BCUT2D eigenvalue weighted by atomic mass is 10.0. The van der Waals surface area contributed by atoms with Crippen molar-refractivity contribution < 1.29 is 0 Å². The zero-order chi connectivity index (χ0) is 13.8. The number of rotatable bonds is 0. The molecule has 2 aromatic carbocycles. The quantitative estimate of drug-likeness (QED) is 0.444. The van der Waals surface area contributed by atoms with Crippen LogP contribution in [0.2, 0.25) is 0 Å². The molecular weight excluding hydrogens is 260 g/mol. The monoisotopic (exact) mass is 284 g/mol. The number of hydrogen-bond acceptors (Lipinski definition) is 1. The first kappa shape index (κ1) is 16.5. The van der Waals surface area contributed by atoms with E-state index in [0.29, 0.717) is 0 Å². The molecule has 0 aliphatic rings. The molecule has 0 bridgehead atoms. The first-order valence-electron chi connectivity index (χ1n) is 6.56. The number of benzene rings is 2. The third kappa shape index (κ3) is 3.94. The molecule has 0 saturated carbocycles. The molecule has 1 heterocycles. The van der Waals surface area contributed by atoms with Gasteiger partial charge in [-0.05, 0) is 61.7 Å². The van der Waals surface area contributed by atoms with Crippen molar-refractivity contribution >= 4 is 22.1 Å². The van der Waals surface area contributed by atoms with Gasteiger partial charge in [0.1, 0.15) is 0 Å². The van der Waals surface area contributed by atoms with Crippen LogP contribution in [0, 0.1) is 27.7 Å². The fraction of sp³-hybridized carbons (Fsp3) is 0.263. The maximum absolute atomic E-state index is 2.18. The van der Waals surface area contributed by atoms with Crippen LogP contribution in [0.5, 0.6) is 0 Å². The summed E-state index contributed by atoms with van der Waals surface area (Å²) in [7, 11) is 0. The van der Waals surface area contributed by atoms with Crippen molar-refractivity contribution in [1.82, 2.24) is 0 Å². The lowest BCUT2D eigenvalue weighted by Gasteiger charge is -2.03. The number of thiophene rings is 1. The van der Waals surface area contributed by atoms with Gasteiger partial charge in [0.25, 0.3) is 0 Å². The Morgan fingerprint density at radius 3 is 1.30 bits per heavy atom. The summed E-state index contributed by atoms with van der Waals surface area (Å²) in [5.41, 5.74) is 2.72. The number of aryl methyl sites for hydroxylation is 4. The summed E-state index contributed by atoms with van der Waals surface area (Å²) in [6, 6.07) is 17.2. The molecule has 3 rings (SSSR count). The van der Waals surface area contributed by atoms with E-state index in [2.05, 4.69) is 76.2 Å². The van der Waals surface area contributed by atoms with Gasteiger partial charge in [-0.1, -0.05) is 43.8 Å². The zero-order valence-corrected chi connectivity index (χ0v) is 12.8. The molecule has 0 spiro atoms. The topological polar surface area (TPSA) is 0 Å². The predicted molar refractivity (Wildman–Crippen MR) is 93.9 cm³/mol. The molecule has 106 valence electrons. The minimum atomic E-state index is 0. The van der Waals surface area contributed by atoms with Crippen LogP contribution in [-0.4, -0.2) is 0 Å². The lowest BCUT2D eigenvalue weighted by Crippen LogP contribution is -1.80. The molecule has 0 saturated heterocycles. The van der Waals surface area contributed by atoms with E-state index < -0.39 is 0 Å². The summed E-state index contributed by atoms with van der Waals surface area (Å²) in [5, 5.41) is 2.75. The third-order valence-electron chi connectivity index (χ3n) is 3.23. The minimum Gasteiger partial charge on any atom is -0.146 e. The predicted octanol–water partition coefficient (Wildman–Crippen LogP) is 6.46. The number of hydrogen-bond donors (Lipinski definition) is 0. The average molecular weight is 284 g/mol. The second-order valence-electron chi connectivity index (χ2n) is 4.90. The normalized spacial score (nSPS) is 9.60. The van der Waals surface area contributed by atoms with E-state index in [4.69, 9.17) is 0 Å². The molecule has 0 aliphatic heterocycles. The summed E-state index contributed by atoms with van der Waals surface area (Å²) < 4.78 is 0. The van der Waals surface area contributed by atoms with Crippen molar-refractivity contribution in [3.8, 4) is 0 Å². The van der Waals surface area contributed by atoms with Gasteiger partial charge in [0.15, 0.2) is 0 Å². The van der Waals surface area contributed by atoms with Gasteiger partial charge in [-0.3, -0.25) is 0 Å². The van der Waals surface area contributed by atoms with E-state index in [1.165, 1.54) is 31.7 Å². The summed E-state index contributed by atoms with van der Waals surface area (Å²) >= 11 is 1.84. The standard InChI is InChI=1S/C12H12.C6H8S.CH4/c1-9-7-8-10(2)12-6-4-3-5-11(9)12;1-5-3-4-6(2)7-5;/h3-8H,1-2H3;3-4H,1-2H3;1H4. The molecular formula is C19H24S. The second kappa shape index (κ2) is 7.25. The van der Waals surface area contributed by atoms with Crippen LogP contribution in [0.4, 0.5) is 0 Å². The molecule has 1 aromatic heterocycles. The fourth-order valence-electron chi connectivity index (χ4n) is 2.16. The maximum atomic E-state index is 2.18. The SMILES string of the molecule is C.Cc1ccc(C)c2ccccc12.Cc1ccc(C)s1. The van der Waals surface area contributed by atoms with E-state index in [1.54, 1.807) is 0 Å². The van der Waals surface area contributed by atoms with E-state index >= 15 is 0 Å². The second-order valence-corrected chi connectivity index (χ2v) is 6.39. The van der Waals surface area contributed by atoms with Crippen molar-refractivity contribution in [2.75, 3.05) is 0 Å². The molecule has 0 amide bonds. The Hall–Kier alpha value is -1.60. The van der Waals surface area contributed by atoms with Crippen molar-refractivity contribution in [3.63, 3.8) is 0 Å². The van der Waals surface area contributed by atoms with Gasteiger partial charge < -0.3 is 0 Å². The third-order valence-corrected chi connectivity index (χ3v) is 4.15. The summed E-state index contributed by atoms with van der Waals surface area (Å²) in [6.07, 6.45) is 0. The van der Waals surface area contributed by atoms with E-state index in [0.717, 1.165) is 0 Å². The van der Waals surface area contributed by atoms with Crippen LogP contribution in [0.25, 0.3) is 10.8 Å². The van der Waals surface area contributed by atoms with Crippen molar-refractivity contribution in [2.24, 2.45) is 0 Å². The smallest absolute Gasteiger partial charge is 0.00170 e. The fourth-order valence-corrected chi connectivity index (χ4v) is 2.94. The molecule has 0 radical (unpaired) electrons. The largest absolute Gasteiger partial charge is 0.146 e. The average Bonchev–Trinajstić information content (AvgIpc) is 2.79. The van der Waals surface area contributed by atoms with Crippen LogP contribution in [-0.2, 0) is 0 Å². The highest BCUT2D eigenvalue weighted by molar-refractivity contribution is 7.11. The highest BCUT2D eigenvalue weighted by Gasteiger charge is 1.97. The molecule has 0 N–H and O–H groups in total. The summed E-state index contributed by atoms with van der Waals surface area (Å²) in [4.78, 5) is 2.80. The Morgan fingerprint density at radius 2 is 1.00 bits per heavy atom. The van der Waals surface area contributed by atoms with Gasteiger partial charge in [-0.15, -0.1) is 11.3 Å². The lowest BCUT2D eigenvalue weighted by molar-refractivity contribution is 1.46. The first-order valence-corrected chi connectivity index (χ1v) is 7.37. The maximum Gasteiger partial charge on any atom is 0.00170 e. The molecule has 0 atom stereocenters. The molecule has 0 nitrogen and oxygen atoms in total. The van der Waals surface area contributed by atoms with E-state index in [9.17, 15) is 0 Å². The molecule has 20 heavy (non-hydrogen) atoms. The van der Waals surface area contributed by atoms with Gasteiger partial charge in [0.05, 0.1) is 0 Å². The van der Waals surface area contributed by atoms with Gasteiger partial charge in [-0.25, -0.2) is 0 Å². The molecule has 0 aliphatic carbocycles. The highest BCUT2D eigenvalue weighted by atomic mass is 32.1. The van der Waals surface area contributed by atoms with Gasteiger partial charge in [0, 0.05) is 9.75 Å². The van der Waals surface area contributed by atoms with Crippen LogP contribution in [0.15, 0.2) is 48.5 Å². The molecule has 0 unspecified atom stereocenters. The van der Waals surface area contributed by atoms with Crippen molar-refractivity contribution in [2.45, 2.75) is 35.1 Å². The van der Waals surface area contributed by atoms with Crippen LogP contribution < -0.4 is 0 Å². The zero-order valence-electron chi connectivity index (χ0n) is 12.0. The summed E-state index contributed by atoms with van der Waals surface area (Å²) in [6.45, 7) is 8.55. The van der Waals surface area contributed by atoms with Crippen LogP contribution in [0.3, 0.4) is 0 Å². The van der Waals surface area contributed by atoms with Crippen molar-refractivity contribution in [3.05, 3.63) is 69.4 Å². The highest BCUT2D eigenvalue weighted by Crippen LogP contribution is 2.21. The molecule has 0 fully saturated rings. The van der Waals surface area contributed by atoms with E-state index in [1.807, 2.05) is 11.3 Å². The Bertz CT molecular complexity index is 620. The first-order chi connectivity index (χ1) is 9.08. The summed E-state index contributed by atoms with van der Waals surface area (Å²) in [5.74, 6) is 0. The van der Waals surface area contributed by atoms with Crippen LogP contribution >= 0.6 is 11.3 Å². The number of fused-ring (bicyclic) bond motifs is 1. The Morgan fingerprint density at radius 1 is 0.600 bits per heavy atom. The van der Waals surface area contributed by atoms with E-state index in [-0.39, 0.29) is 7.43 Å². The van der Waals surface area contributed by atoms with Gasteiger partial charge in [-0.2, -0.15) is 0 Å². The Balaban J connectivity index is 0.000000216. The van der Waals surface area contributed by atoms with Crippen molar-refractivity contribution in [1.29, 1.82) is 0 Å². The Kier molecular flexibility index (Phi) is 5.97. The van der Waals surface area contributed by atoms with Crippen LogP contribution in [0.1, 0.15) is 28.3 Å². The Labute approximate surface area is 127 Å². The van der Waals surface area contributed by atoms with Gasteiger partial charge in [0.2, 0.25) is 0 Å².